The number of nitrogens with zero attached hydrogens (tertiary/aromatic N) is 2. The first-order chi connectivity index (χ1) is 8.54. The van der Waals surface area contributed by atoms with Crippen molar-refractivity contribution in [2.75, 3.05) is 11.0 Å². The van der Waals surface area contributed by atoms with Gasteiger partial charge < -0.3 is 4.74 Å². The molecule has 0 radical (unpaired) electrons. The minimum Gasteiger partial charge on any atom is -0.464 e. The smallest absolute Gasteiger partial charge is 0.335 e. The third-order valence-corrected chi connectivity index (χ3v) is 2.73. The molecular weight excluding hydrogens is 266 g/mol. The van der Waals surface area contributed by atoms with Crippen LogP contribution >= 0.6 is 11.8 Å². The van der Waals surface area contributed by atoms with Crippen LogP contribution in [0.1, 0.15) is 6.92 Å². The Kier molecular flexibility index (Phi) is 3.47. The van der Waals surface area contributed by atoms with Crippen molar-refractivity contribution in [2.45, 2.75) is 13.0 Å². The van der Waals surface area contributed by atoms with Crippen LogP contribution in [0.3, 0.4) is 0 Å². The standard InChI is InChI=1S/C11H9ClF2N2O2/c1-2-18-11(17)9-5-15-8-4-6(13)3-7(14)10(8)16(9)12/h3-5,9H,2H2,1H3. The second-order valence-electron chi connectivity index (χ2n) is 3.54. The first-order valence-electron chi connectivity index (χ1n) is 5.19. The third-order valence-electron chi connectivity index (χ3n) is 2.35. The summed E-state index contributed by atoms with van der Waals surface area (Å²) < 4.78 is 32.2. The van der Waals surface area contributed by atoms with E-state index in [2.05, 4.69) is 4.99 Å². The number of fused-ring (bicyclic) bond motifs is 1. The number of ether oxygens (including phenoxy) is 1. The second kappa shape index (κ2) is 4.89. The Hall–Kier alpha value is -1.69. The summed E-state index contributed by atoms with van der Waals surface area (Å²) in [5, 5.41) is 0. The molecule has 96 valence electrons. The molecule has 4 nitrogen and oxygen atoms in total. The fourth-order valence-electron chi connectivity index (χ4n) is 1.59. The van der Waals surface area contributed by atoms with Gasteiger partial charge in [-0.3, -0.25) is 9.41 Å². The lowest BCUT2D eigenvalue weighted by molar-refractivity contribution is -0.142. The molecule has 18 heavy (non-hydrogen) atoms. The van der Waals surface area contributed by atoms with Gasteiger partial charge in [-0.05, 0) is 6.92 Å². The molecule has 0 bridgehead atoms. The van der Waals surface area contributed by atoms with Gasteiger partial charge in [0.25, 0.3) is 0 Å². The molecule has 1 heterocycles. The summed E-state index contributed by atoms with van der Waals surface area (Å²) in [6.45, 7) is 1.81. The maximum Gasteiger partial charge on any atom is 0.335 e. The normalized spacial score (nSPS) is 17.6. The lowest BCUT2D eigenvalue weighted by Crippen LogP contribution is -2.39. The molecular formula is C11H9ClF2N2O2. The Balaban J connectivity index is 2.39. The maximum atomic E-state index is 13.6. The number of rotatable bonds is 2. The van der Waals surface area contributed by atoms with Crippen molar-refractivity contribution in [3.63, 3.8) is 0 Å². The second-order valence-corrected chi connectivity index (χ2v) is 3.91. The van der Waals surface area contributed by atoms with Crippen molar-refractivity contribution in [1.29, 1.82) is 0 Å². The summed E-state index contributed by atoms with van der Waals surface area (Å²) in [6, 6.07) is 0.683. The molecule has 2 rings (SSSR count). The molecule has 1 atom stereocenters. The van der Waals surface area contributed by atoms with Crippen molar-refractivity contribution >= 4 is 35.3 Å². The molecule has 0 fully saturated rings. The molecule has 0 aliphatic carbocycles. The monoisotopic (exact) mass is 274 g/mol. The van der Waals surface area contributed by atoms with Gasteiger partial charge in [-0.2, -0.15) is 0 Å². The van der Waals surface area contributed by atoms with Crippen LogP contribution in [0.25, 0.3) is 0 Å². The Bertz CT molecular complexity index is 522. The van der Waals surface area contributed by atoms with Crippen LogP contribution in [0.5, 0.6) is 0 Å². The average Bonchev–Trinajstić information content (AvgIpc) is 2.28. The summed E-state index contributed by atoms with van der Waals surface area (Å²) in [5.74, 6) is -2.29. The van der Waals surface area contributed by atoms with E-state index in [1.807, 2.05) is 0 Å². The summed E-state index contributed by atoms with van der Waals surface area (Å²) in [7, 11) is 0. The zero-order valence-electron chi connectivity index (χ0n) is 9.36. The van der Waals surface area contributed by atoms with Gasteiger partial charge in [0.2, 0.25) is 0 Å². The topological polar surface area (TPSA) is 41.9 Å². The molecule has 0 aromatic heterocycles. The first-order valence-corrected chi connectivity index (χ1v) is 5.53. The van der Waals surface area contributed by atoms with Crippen LogP contribution in [0.2, 0.25) is 0 Å². The van der Waals surface area contributed by atoms with E-state index in [9.17, 15) is 13.6 Å². The predicted molar refractivity (Wildman–Crippen MR) is 63.3 cm³/mol. The van der Waals surface area contributed by atoms with E-state index in [0.717, 1.165) is 10.5 Å². The van der Waals surface area contributed by atoms with Gasteiger partial charge in [0.15, 0.2) is 11.9 Å². The largest absolute Gasteiger partial charge is 0.464 e. The van der Waals surface area contributed by atoms with E-state index in [1.165, 1.54) is 6.21 Å². The Morgan fingerprint density at radius 2 is 2.28 bits per heavy atom. The summed E-state index contributed by atoms with van der Waals surface area (Å²) in [4.78, 5) is 15.4. The van der Waals surface area contributed by atoms with Crippen LogP contribution in [0.4, 0.5) is 20.2 Å². The van der Waals surface area contributed by atoms with E-state index in [0.29, 0.717) is 6.07 Å². The zero-order valence-corrected chi connectivity index (χ0v) is 10.1. The van der Waals surface area contributed by atoms with E-state index in [-0.39, 0.29) is 18.0 Å². The number of anilines is 1. The molecule has 1 aliphatic rings. The van der Waals surface area contributed by atoms with Crippen LogP contribution in [0.15, 0.2) is 17.1 Å². The highest BCUT2D eigenvalue weighted by Gasteiger charge is 2.32. The quantitative estimate of drug-likeness (QED) is 0.615. The Morgan fingerprint density at radius 1 is 1.56 bits per heavy atom. The van der Waals surface area contributed by atoms with E-state index < -0.39 is 23.6 Å². The molecule has 0 saturated heterocycles. The van der Waals surface area contributed by atoms with E-state index in [1.54, 1.807) is 6.92 Å². The lowest BCUT2D eigenvalue weighted by Gasteiger charge is -2.27. The number of carbonyl (C=O) groups is 1. The molecule has 1 unspecified atom stereocenters. The number of halogens is 3. The third kappa shape index (κ3) is 2.15. The lowest BCUT2D eigenvalue weighted by atomic mass is 10.2. The summed E-state index contributed by atoms with van der Waals surface area (Å²) in [5.41, 5.74) is -0.110. The van der Waals surface area contributed by atoms with Gasteiger partial charge in [-0.25, -0.2) is 13.6 Å². The van der Waals surface area contributed by atoms with Gasteiger partial charge in [0, 0.05) is 30.1 Å². The minimum atomic E-state index is -1.03. The number of aliphatic imine (C=N–C) groups is 1. The molecule has 1 aromatic carbocycles. The van der Waals surface area contributed by atoms with Crippen LogP contribution < -0.4 is 4.42 Å². The first kappa shape index (κ1) is 12.8. The van der Waals surface area contributed by atoms with Crippen molar-refractivity contribution in [3.05, 3.63) is 23.8 Å². The SMILES string of the molecule is CCOC(=O)C1C=Nc2cc(F)cc(F)c2N1Cl. The van der Waals surface area contributed by atoms with Crippen molar-refractivity contribution in [3.8, 4) is 0 Å². The number of hydrogen-bond acceptors (Lipinski definition) is 4. The van der Waals surface area contributed by atoms with Crippen LogP contribution in [-0.2, 0) is 9.53 Å². The number of esters is 1. The number of hydrogen-bond donors (Lipinski definition) is 0. The van der Waals surface area contributed by atoms with Gasteiger partial charge in [-0.1, -0.05) is 0 Å². The van der Waals surface area contributed by atoms with Gasteiger partial charge >= 0.3 is 5.97 Å². The number of benzene rings is 1. The van der Waals surface area contributed by atoms with Crippen molar-refractivity contribution in [1.82, 2.24) is 0 Å². The van der Waals surface area contributed by atoms with E-state index >= 15 is 0 Å². The highest BCUT2D eigenvalue weighted by atomic mass is 35.5. The van der Waals surface area contributed by atoms with E-state index in [4.69, 9.17) is 16.5 Å². The average molecular weight is 275 g/mol. The van der Waals surface area contributed by atoms with Gasteiger partial charge in [-0.15, -0.1) is 0 Å². The van der Waals surface area contributed by atoms with Crippen LogP contribution in [-0.4, -0.2) is 24.8 Å². The minimum absolute atomic E-state index is 0.0306. The molecule has 1 aliphatic heterocycles. The predicted octanol–water partition coefficient (Wildman–Crippen LogP) is 2.57. The molecule has 0 N–H and O–H groups in total. The van der Waals surface area contributed by atoms with Crippen molar-refractivity contribution in [2.24, 2.45) is 4.99 Å². The van der Waals surface area contributed by atoms with Gasteiger partial charge in [0.1, 0.15) is 11.5 Å². The molecule has 1 aromatic rings. The molecule has 7 heteroatoms. The molecule has 0 amide bonds. The van der Waals surface area contributed by atoms with Gasteiger partial charge in [0.05, 0.1) is 12.3 Å². The summed E-state index contributed by atoms with van der Waals surface area (Å²) >= 11 is 5.88. The Morgan fingerprint density at radius 3 is 2.94 bits per heavy atom. The molecule has 0 saturated carbocycles. The Labute approximate surface area is 107 Å². The fraction of sp³-hybridized carbons (Fsp3) is 0.273. The highest BCUT2D eigenvalue weighted by Crippen LogP contribution is 2.37. The van der Waals surface area contributed by atoms with Crippen molar-refractivity contribution < 1.29 is 18.3 Å². The highest BCUT2D eigenvalue weighted by molar-refractivity contribution is 6.31. The molecule has 0 spiro atoms. The maximum absolute atomic E-state index is 13.6. The zero-order chi connectivity index (χ0) is 13.3. The number of carbonyl (C=O) groups excluding carboxylic acids is 1. The summed E-state index contributed by atoms with van der Waals surface area (Å²) in [6.07, 6.45) is 1.19. The van der Waals surface area contributed by atoms with Crippen LogP contribution in [0, 0.1) is 11.6 Å². The fourth-order valence-corrected chi connectivity index (χ4v) is 1.89.